The van der Waals surface area contributed by atoms with Crippen molar-refractivity contribution in [2.75, 3.05) is 26.4 Å². The number of hydrogen-bond acceptors (Lipinski definition) is 8. The SMILES string of the molecule is CCOC(=O)c1ccc(C(C(=O)OCC)P(=O)(OCC)OCC)o1. The molecule has 1 rings (SSSR count). The van der Waals surface area contributed by atoms with Gasteiger partial charge in [-0.15, -0.1) is 0 Å². The van der Waals surface area contributed by atoms with Gasteiger partial charge in [-0.1, -0.05) is 0 Å². The van der Waals surface area contributed by atoms with Gasteiger partial charge >= 0.3 is 19.5 Å². The molecule has 8 nitrogen and oxygen atoms in total. The van der Waals surface area contributed by atoms with Gasteiger partial charge in [0, 0.05) is 0 Å². The molecule has 1 atom stereocenters. The van der Waals surface area contributed by atoms with E-state index in [0.717, 1.165) is 0 Å². The predicted octanol–water partition coefficient (Wildman–Crippen LogP) is 3.33. The number of ether oxygens (including phenoxy) is 2. The monoisotopic (exact) mass is 362 g/mol. The van der Waals surface area contributed by atoms with E-state index in [2.05, 4.69) is 0 Å². The molecule has 1 aromatic rings. The van der Waals surface area contributed by atoms with Crippen molar-refractivity contribution in [3.05, 3.63) is 23.7 Å². The van der Waals surface area contributed by atoms with Crippen LogP contribution in [0, 0.1) is 0 Å². The predicted molar refractivity (Wildman–Crippen MR) is 84.9 cm³/mol. The van der Waals surface area contributed by atoms with E-state index in [0.29, 0.717) is 0 Å². The van der Waals surface area contributed by atoms with Gasteiger partial charge in [0.25, 0.3) is 0 Å². The molecule has 0 fully saturated rings. The van der Waals surface area contributed by atoms with Gasteiger partial charge in [0.1, 0.15) is 5.76 Å². The topological polar surface area (TPSA) is 101 Å². The zero-order valence-electron chi connectivity index (χ0n) is 14.3. The largest absolute Gasteiger partial charge is 0.465 e. The Bertz CT molecular complexity index is 584. The first kappa shape index (κ1) is 20.4. The van der Waals surface area contributed by atoms with E-state index in [1.54, 1.807) is 27.7 Å². The van der Waals surface area contributed by atoms with Crippen molar-refractivity contribution in [2.45, 2.75) is 33.4 Å². The summed E-state index contributed by atoms with van der Waals surface area (Å²) in [5.41, 5.74) is -1.42. The van der Waals surface area contributed by atoms with Crippen LogP contribution in [-0.2, 0) is 27.9 Å². The quantitative estimate of drug-likeness (QED) is 0.461. The maximum absolute atomic E-state index is 13.0. The molecular formula is C15H23O8P. The number of hydrogen-bond donors (Lipinski definition) is 0. The van der Waals surface area contributed by atoms with Crippen LogP contribution in [0.5, 0.6) is 0 Å². The number of carbonyl (C=O) groups is 2. The van der Waals surface area contributed by atoms with Crippen molar-refractivity contribution < 1.29 is 37.1 Å². The Kier molecular flexibility index (Phi) is 8.18. The normalized spacial score (nSPS) is 12.7. The van der Waals surface area contributed by atoms with Crippen LogP contribution >= 0.6 is 7.60 Å². The lowest BCUT2D eigenvalue weighted by molar-refractivity contribution is -0.143. The summed E-state index contributed by atoms with van der Waals surface area (Å²) in [5.74, 6) is -1.65. The molecule has 136 valence electrons. The Hall–Kier alpha value is -1.63. The molecule has 9 heteroatoms. The van der Waals surface area contributed by atoms with Crippen molar-refractivity contribution in [1.82, 2.24) is 0 Å². The summed E-state index contributed by atoms with van der Waals surface area (Å²) < 4.78 is 38.6. The summed E-state index contributed by atoms with van der Waals surface area (Å²) in [7, 11) is -3.89. The fourth-order valence-corrected chi connectivity index (χ4v) is 3.86. The minimum atomic E-state index is -3.89. The van der Waals surface area contributed by atoms with E-state index in [1.807, 2.05) is 0 Å². The number of carbonyl (C=O) groups excluding carboxylic acids is 2. The van der Waals surface area contributed by atoms with Crippen LogP contribution in [0.3, 0.4) is 0 Å². The smallest absolute Gasteiger partial charge is 0.374 e. The molecule has 0 N–H and O–H groups in total. The maximum atomic E-state index is 13.0. The molecule has 0 aromatic carbocycles. The second kappa shape index (κ2) is 9.61. The third kappa shape index (κ3) is 4.93. The molecule has 1 unspecified atom stereocenters. The van der Waals surface area contributed by atoms with Crippen LogP contribution < -0.4 is 0 Å². The summed E-state index contributed by atoms with van der Waals surface area (Å²) in [6.45, 7) is 6.91. The van der Waals surface area contributed by atoms with Crippen molar-refractivity contribution >= 4 is 19.5 Å². The second-order valence-corrected chi connectivity index (χ2v) is 6.56. The Labute approximate surface area is 140 Å². The molecule has 0 aliphatic rings. The van der Waals surface area contributed by atoms with Crippen molar-refractivity contribution in [1.29, 1.82) is 0 Å². The summed E-state index contributed by atoms with van der Waals surface area (Å²) in [4.78, 5) is 24.0. The molecule has 1 heterocycles. The average molecular weight is 362 g/mol. The average Bonchev–Trinajstić information content (AvgIpc) is 2.97. The van der Waals surface area contributed by atoms with Gasteiger partial charge < -0.3 is 22.9 Å². The highest BCUT2D eigenvalue weighted by Gasteiger charge is 2.46. The highest BCUT2D eigenvalue weighted by molar-refractivity contribution is 7.55. The molecule has 0 saturated heterocycles. The summed E-state index contributed by atoms with van der Waals surface area (Å²) >= 11 is 0. The van der Waals surface area contributed by atoms with Crippen LogP contribution in [0.15, 0.2) is 16.5 Å². The first-order valence-corrected chi connectivity index (χ1v) is 9.36. The zero-order valence-corrected chi connectivity index (χ0v) is 15.2. The van der Waals surface area contributed by atoms with E-state index >= 15 is 0 Å². The number of furan rings is 1. The summed E-state index contributed by atoms with van der Waals surface area (Å²) in [6, 6.07) is 2.69. The lowest BCUT2D eigenvalue weighted by atomic mass is 10.3. The van der Waals surface area contributed by atoms with Gasteiger partial charge in [0.05, 0.1) is 26.4 Å². The standard InChI is InChI=1S/C15H23O8P/c1-5-19-14(16)12-10-9-11(23-12)13(15(17)20-6-2)24(18,21-7-3)22-8-4/h9-10,13H,5-8H2,1-4H3. The van der Waals surface area contributed by atoms with E-state index < -0.39 is 25.2 Å². The van der Waals surface area contributed by atoms with Gasteiger partial charge in [-0.3, -0.25) is 9.36 Å². The van der Waals surface area contributed by atoms with Gasteiger partial charge in [0.2, 0.25) is 11.4 Å². The van der Waals surface area contributed by atoms with Gasteiger partial charge in [-0.05, 0) is 39.8 Å². The molecule has 0 aliphatic heterocycles. The van der Waals surface area contributed by atoms with E-state index in [4.69, 9.17) is 22.9 Å². The molecule has 0 aliphatic carbocycles. The second-order valence-electron chi connectivity index (χ2n) is 4.45. The lowest BCUT2D eigenvalue weighted by Gasteiger charge is -2.23. The Morgan fingerprint density at radius 2 is 1.58 bits per heavy atom. The third-order valence-electron chi connectivity index (χ3n) is 2.82. The Morgan fingerprint density at radius 3 is 2.08 bits per heavy atom. The van der Waals surface area contributed by atoms with E-state index in [1.165, 1.54) is 12.1 Å². The highest BCUT2D eigenvalue weighted by atomic mass is 31.2. The molecule has 0 radical (unpaired) electrons. The molecule has 1 aromatic heterocycles. The van der Waals surface area contributed by atoms with Crippen LogP contribution in [0.25, 0.3) is 0 Å². The zero-order chi connectivity index (χ0) is 18.2. The number of rotatable bonds is 10. The molecule has 0 spiro atoms. The maximum Gasteiger partial charge on any atom is 0.374 e. The molecule has 24 heavy (non-hydrogen) atoms. The fourth-order valence-electron chi connectivity index (χ4n) is 1.98. The van der Waals surface area contributed by atoms with Gasteiger partial charge in [-0.25, -0.2) is 4.79 Å². The third-order valence-corrected chi connectivity index (χ3v) is 5.15. The minimum absolute atomic E-state index is 0.0401. The fraction of sp³-hybridized carbons (Fsp3) is 0.600. The van der Waals surface area contributed by atoms with Crippen molar-refractivity contribution in [3.8, 4) is 0 Å². The van der Waals surface area contributed by atoms with Crippen LogP contribution in [0.2, 0.25) is 0 Å². The number of esters is 2. The first-order chi connectivity index (χ1) is 11.4. The highest BCUT2D eigenvalue weighted by Crippen LogP contribution is 2.61. The first-order valence-electron chi connectivity index (χ1n) is 7.75. The van der Waals surface area contributed by atoms with E-state index in [9.17, 15) is 14.2 Å². The Morgan fingerprint density at radius 1 is 1.00 bits per heavy atom. The minimum Gasteiger partial charge on any atom is -0.465 e. The van der Waals surface area contributed by atoms with Crippen LogP contribution in [0.1, 0.15) is 49.7 Å². The van der Waals surface area contributed by atoms with Crippen LogP contribution in [0.4, 0.5) is 0 Å². The lowest BCUT2D eigenvalue weighted by Crippen LogP contribution is -2.18. The van der Waals surface area contributed by atoms with Gasteiger partial charge in [0.15, 0.2) is 0 Å². The molecule has 0 amide bonds. The van der Waals surface area contributed by atoms with Crippen LogP contribution in [-0.4, -0.2) is 38.4 Å². The molecule has 0 saturated carbocycles. The summed E-state index contributed by atoms with van der Waals surface area (Å²) in [5, 5.41) is 0. The summed E-state index contributed by atoms with van der Waals surface area (Å²) in [6.07, 6.45) is 0. The van der Waals surface area contributed by atoms with Gasteiger partial charge in [-0.2, -0.15) is 0 Å². The van der Waals surface area contributed by atoms with Crippen molar-refractivity contribution in [2.24, 2.45) is 0 Å². The molecular weight excluding hydrogens is 339 g/mol. The molecule has 0 bridgehead atoms. The van der Waals surface area contributed by atoms with E-state index in [-0.39, 0.29) is 37.9 Å². The Balaban J connectivity index is 3.25. The van der Waals surface area contributed by atoms with Crippen molar-refractivity contribution in [3.63, 3.8) is 0 Å².